The van der Waals surface area contributed by atoms with Crippen molar-refractivity contribution in [3.63, 3.8) is 0 Å². The summed E-state index contributed by atoms with van der Waals surface area (Å²) in [7, 11) is 0. The molecule has 1 unspecified atom stereocenters. The van der Waals surface area contributed by atoms with Crippen LogP contribution in [-0.2, 0) is 11.3 Å². The number of amides is 2. The zero-order valence-electron chi connectivity index (χ0n) is 17.0. The number of thiophene rings is 1. The highest BCUT2D eigenvalue weighted by Gasteiger charge is 2.27. The van der Waals surface area contributed by atoms with Gasteiger partial charge in [0.2, 0.25) is 0 Å². The highest BCUT2D eigenvalue weighted by atomic mass is 32.1. The molecule has 0 aromatic carbocycles. The average Bonchev–Trinajstić information content (AvgIpc) is 3.41. The third kappa shape index (κ3) is 5.39. The predicted molar refractivity (Wildman–Crippen MR) is 113 cm³/mol. The first kappa shape index (κ1) is 20.4. The Kier molecular flexibility index (Phi) is 6.86. The molecule has 2 saturated heterocycles. The van der Waals surface area contributed by atoms with Gasteiger partial charge in [-0.1, -0.05) is 6.07 Å². The first-order valence-corrected chi connectivity index (χ1v) is 11.2. The lowest BCUT2D eigenvalue weighted by molar-refractivity contribution is 0.0118. The van der Waals surface area contributed by atoms with Crippen LogP contribution in [0.1, 0.15) is 22.4 Å². The Bertz CT molecular complexity index is 765. The smallest absolute Gasteiger partial charge is 0.317 e. The molecule has 0 bridgehead atoms. The highest BCUT2D eigenvalue weighted by molar-refractivity contribution is 7.09. The molecule has 2 aromatic rings. The van der Waals surface area contributed by atoms with Crippen LogP contribution in [0.15, 0.2) is 34.1 Å². The lowest BCUT2D eigenvalue weighted by Gasteiger charge is -2.36. The lowest BCUT2D eigenvalue weighted by atomic mass is 10.1. The maximum absolute atomic E-state index is 12.8. The molecule has 2 aliphatic heterocycles. The summed E-state index contributed by atoms with van der Waals surface area (Å²) < 4.78 is 11.4. The largest absolute Gasteiger partial charge is 0.465 e. The number of carbonyl (C=O) groups is 1. The quantitative estimate of drug-likeness (QED) is 0.781. The summed E-state index contributed by atoms with van der Waals surface area (Å²) in [5.41, 5.74) is 0. The number of urea groups is 1. The highest BCUT2D eigenvalue weighted by Crippen LogP contribution is 2.23. The zero-order chi connectivity index (χ0) is 20.1. The number of piperazine rings is 1. The van der Waals surface area contributed by atoms with Crippen molar-refractivity contribution < 1.29 is 13.9 Å². The molecule has 2 amide bonds. The Morgan fingerprint density at radius 3 is 2.59 bits per heavy atom. The van der Waals surface area contributed by atoms with Gasteiger partial charge >= 0.3 is 6.03 Å². The zero-order valence-corrected chi connectivity index (χ0v) is 17.8. The number of hydrogen-bond acceptors (Lipinski definition) is 6. The Hall–Kier alpha value is -1.87. The molecule has 158 valence electrons. The van der Waals surface area contributed by atoms with Gasteiger partial charge in [0.05, 0.1) is 19.3 Å². The molecular weight excluding hydrogens is 388 g/mol. The van der Waals surface area contributed by atoms with E-state index in [0.29, 0.717) is 6.54 Å². The van der Waals surface area contributed by atoms with Gasteiger partial charge in [-0.15, -0.1) is 11.3 Å². The summed E-state index contributed by atoms with van der Waals surface area (Å²) in [4.78, 5) is 20.8. The van der Waals surface area contributed by atoms with E-state index in [4.69, 9.17) is 9.15 Å². The summed E-state index contributed by atoms with van der Waals surface area (Å²) >= 11 is 1.79. The standard InChI is InChI=1S/C21H30N4O3S/c1-17-4-5-20(28-17)19(24-10-12-27-13-11-24)15-22-21(26)25-8-6-23(7-9-25)16-18-3-2-14-29-18/h2-5,14,19H,6-13,15-16H2,1H3,(H,22,26). The van der Waals surface area contributed by atoms with E-state index >= 15 is 0 Å². The van der Waals surface area contributed by atoms with Crippen LogP contribution in [0.25, 0.3) is 0 Å². The fraction of sp³-hybridized carbons (Fsp3) is 0.571. The van der Waals surface area contributed by atoms with Gasteiger partial charge in [0.15, 0.2) is 0 Å². The molecule has 7 nitrogen and oxygen atoms in total. The normalized spacial score (nSPS) is 20.0. The fourth-order valence-electron chi connectivity index (χ4n) is 3.96. The summed E-state index contributed by atoms with van der Waals surface area (Å²) in [6.07, 6.45) is 0. The van der Waals surface area contributed by atoms with E-state index in [1.54, 1.807) is 11.3 Å². The Morgan fingerprint density at radius 2 is 1.93 bits per heavy atom. The molecule has 2 fully saturated rings. The number of nitrogens with zero attached hydrogens (tertiary/aromatic N) is 3. The van der Waals surface area contributed by atoms with Gasteiger partial charge in [-0.3, -0.25) is 9.80 Å². The molecule has 2 aromatic heterocycles. The second-order valence-corrected chi connectivity index (χ2v) is 8.67. The Balaban J connectivity index is 1.29. The van der Waals surface area contributed by atoms with Gasteiger partial charge in [-0.25, -0.2) is 4.79 Å². The second kappa shape index (κ2) is 9.75. The van der Waals surface area contributed by atoms with E-state index in [9.17, 15) is 4.79 Å². The van der Waals surface area contributed by atoms with Crippen molar-refractivity contribution in [3.8, 4) is 0 Å². The molecule has 4 rings (SSSR count). The van der Waals surface area contributed by atoms with Gasteiger partial charge in [0.25, 0.3) is 0 Å². The Labute approximate surface area is 176 Å². The topological polar surface area (TPSA) is 61.2 Å². The van der Waals surface area contributed by atoms with Crippen molar-refractivity contribution >= 4 is 17.4 Å². The van der Waals surface area contributed by atoms with Crippen LogP contribution in [0, 0.1) is 6.92 Å². The first-order chi connectivity index (χ1) is 14.2. The number of hydrogen-bond donors (Lipinski definition) is 1. The van der Waals surface area contributed by atoms with Gasteiger partial charge in [-0.05, 0) is 30.5 Å². The molecule has 1 N–H and O–H groups in total. The van der Waals surface area contributed by atoms with Crippen molar-refractivity contribution in [1.29, 1.82) is 0 Å². The number of aryl methyl sites for hydroxylation is 1. The van der Waals surface area contributed by atoms with Crippen LogP contribution >= 0.6 is 11.3 Å². The van der Waals surface area contributed by atoms with Crippen LogP contribution < -0.4 is 5.32 Å². The third-order valence-corrected chi connectivity index (χ3v) is 6.50. The number of furan rings is 1. The van der Waals surface area contributed by atoms with Crippen molar-refractivity contribution in [2.24, 2.45) is 0 Å². The maximum atomic E-state index is 12.8. The monoisotopic (exact) mass is 418 g/mol. The summed E-state index contributed by atoms with van der Waals surface area (Å²) in [5.74, 6) is 1.80. The molecule has 0 saturated carbocycles. The first-order valence-electron chi connectivity index (χ1n) is 10.3. The van der Waals surface area contributed by atoms with Crippen LogP contribution in [-0.4, -0.2) is 79.8 Å². The summed E-state index contributed by atoms with van der Waals surface area (Å²) in [6, 6.07) is 8.32. The van der Waals surface area contributed by atoms with Crippen molar-refractivity contribution in [2.75, 3.05) is 59.0 Å². The minimum absolute atomic E-state index is 0.0160. The van der Waals surface area contributed by atoms with Crippen LogP contribution in [0.2, 0.25) is 0 Å². The van der Waals surface area contributed by atoms with Crippen molar-refractivity contribution in [2.45, 2.75) is 19.5 Å². The van der Waals surface area contributed by atoms with Gasteiger partial charge in [0, 0.05) is 57.2 Å². The van der Waals surface area contributed by atoms with Crippen LogP contribution in [0.5, 0.6) is 0 Å². The third-order valence-electron chi connectivity index (χ3n) is 5.64. The molecule has 1 atom stereocenters. The van der Waals surface area contributed by atoms with Crippen LogP contribution in [0.3, 0.4) is 0 Å². The maximum Gasteiger partial charge on any atom is 0.317 e. The molecule has 2 aliphatic rings. The SMILES string of the molecule is Cc1ccc(C(CNC(=O)N2CCN(Cc3cccs3)CC2)N2CCOCC2)o1. The van der Waals surface area contributed by atoms with Crippen molar-refractivity contribution in [1.82, 2.24) is 20.0 Å². The number of ether oxygens (including phenoxy) is 1. The molecule has 4 heterocycles. The second-order valence-electron chi connectivity index (χ2n) is 7.64. The summed E-state index contributed by atoms with van der Waals surface area (Å²) in [5, 5.41) is 5.26. The van der Waals surface area contributed by atoms with E-state index in [1.807, 2.05) is 24.0 Å². The molecule has 29 heavy (non-hydrogen) atoms. The molecule has 0 aliphatic carbocycles. The molecule has 0 spiro atoms. The molecule has 8 heteroatoms. The van der Waals surface area contributed by atoms with E-state index in [0.717, 1.165) is 70.5 Å². The van der Waals surface area contributed by atoms with E-state index < -0.39 is 0 Å². The number of nitrogens with one attached hydrogen (secondary N) is 1. The number of rotatable bonds is 6. The molecule has 0 radical (unpaired) electrons. The van der Waals surface area contributed by atoms with E-state index in [1.165, 1.54) is 4.88 Å². The number of morpholine rings is 1. The summed E-state index contributed by atoms with van der Waals surface area (Å²) in [6.45, 7) is 9.96. The van der Waals surface area contributed by atoms with Crippen molar-refractivity contribution in [3.05, 3.63) is 46.0 Å². The van der Waals surface area contributed by atoms with Gasteiger partial charge in [0.1, 0.15) is 11.5 Å². The minimum atomic E-state index is 0.0160. The number of carbonyl (C=O) groups excluding carboxylic acids is 1. The van der Waals surface area contributed by atoms with Crippen LogP contribution in [0.4, 0.5) is 4.79 Å². The fourth-order valence-corrected chi connectivity index (χ4v) is 4.71. The van der Waals surface area contributed by atoms with Gasteiger partial charge in [-0.2, -0.15) is 0 Å². The lowest BCUT2D eigenvalue weighted by Crippen LogP contribution is -2.52. The van der Waals surface area contributed by atoms with E-state index in [-0.39, 0.29) is 12.1 Å². The average molecular weight is 419 g/mol. The van der Waals surface area contributed by atoms with E-state index in [2.05, 4.69) is 32.6 Å². The minimum Gasteiger partial charge on any atom is -0.465 e. The predicted octanol–water partition coefficient (Wildman–Crippen LogP) is 2.55. The van der Waals surface area contributed by atoms with Gasteiger partial charge < -0.3 is 19.4 Å². The molecular formula is C21H30N4O3S. The Morgan fingerprint density at radius 1 is 1.14 bits per heavy atom.